The van der Waals surface area contributed by atoms with E-state index in [0.717, 1.165) is 49.6 Å². The van der Waals surface area contributed by atoms with Gasteiger partial charge in [0.1, 0.15) is 5.76 Å². The van der Waals surface area contributed by atoms with Crippen LogP contribution in [0, 0.1) is 0 Å². The minimum absolute atomic E-state index is 0.0100. The van der Waals surface area contributed by atoms with Crippen LogP contribution in [0.4, 0.5) is 0 Å². The molecule has 4 aliphatic rings. The van der Waals surface area contributed by atoms with Crippen LogP contribution in [0.1, 0.15) is 36.8 Å². The standard InChI is InChI=1S/C20H23NO5/c1-12(22)26-19-17(23-2)10-20-5-3-6-21(20)7-4-13-8-15-16(25-11-24-15)9-14(13)18(19)20/h8-10,18-19H,3-7,11H2,1-2H3. The van der Waals surface area contributed by atoms with Crippen molar-refractivity contribution in [1.29, 1.82) is 0 Å². The summed E-state index contributed by atoms with van der Waals surface area (Å²) in [4.78, 5) is 14.4. The molecule has 3 aliphatic heterocycles. The van der Waals surface area contributed by atoms with Gasteiger partial charge in [0, 0.05) is 13.5 Å². The van der Waals surface area contributed by atoms with E-state index < -0.39 is 6.10 Å². The van der Waals surface area contributed by atoms with Gasteiger partial charge in [-0.3, -0.25) is 9.69 Å². The molecule has 0 saturated carbocycles. The first-order valence-electron chi connectivity index (χ1n) is 9.24. The number of hydrogen-bond donors (Lipinski definition) is 0. The maximum Gasteiger partial charge on any atom is 0.303 e. The Morgan fingerprint density at radius 1 is 1.27 bits per heavy atom. The molecule has 6 nitrogen and oxygen atoms in total. The lowest BCUT2D eigenvalue weighted by Crippen LogP contribution is -2.47. The van der Waals surface area contributed by atoms with Crippen molar-refractivity contribution < 1.29 is 23.7 Å². The predicted octanol–water partition coefficient (Wildman–Crippen LogP) is 2.37. The number of rotatable bonds is 2. The highest BCUT2D eigenvalue weighted by atomic mass is 16.7. The van der Waals surface area contributed by atoms with E-state index in [1.54, 1.807) is 7.11 Å². The second-order valence-electron chi connectivity index (χ2n) is 7.49. The Hall–Kier alpha value is -2.21. The summed E-state index contributed by atoms with van der Waals surface area (Å²) in [7, 11) is 1.66. The first-order valence-corrected chi connectivity index (χ1v) is 9.24. The maximum atomic E-state index is 11.8. The highest BCUT2D eigenvalue weighted by molar-refractivity contribution is 5.67. The minimum Gasteiger partial charge on any atom is -0.497 e. The zero-order valence-corrected chi connectivity index (χ0v) is 15.1. The van der Waals surface area contributed by atoms with E-state index in [4.69, 9.17) is 18.9 Å². The second kappa shape index (κ2) is 5.64. The van der Waals surface area contributed by atoms with Crippen LogP contribution in [0.15, 0.2) is 24.0 Å². The fourth-order valence-corrected chi connectivity index (χ4v) is 5.27. The number of esters is 1. The van der Waals surface area contributed by atoms with Crippen LogP contribution in [-0.4, -0.2) is 49.5 Å². The van der Waals surface area contributed by atoms with Crippen LogP contribution in [0.5, 0.6) is 11.5 Å². The van der Waals surface area contributed by atoms with Gasteiger partial charge in [-0.2, -0.15) is 0 Å². The van der Waals surface area contributed by atoms with E-state index in [1.165, 1.54) is 18.1 Å². The van der Waals surface area contributed by atoms with Gasteiger partial charge in [0.2, 0.25) is 6.79 Å². The topological polar surface area (TPSA) is 57.2 Å². The number of methoxy groups -OCH3 is 1. The molecule has 0 N–H and O–H groups in total. The van der Waals surface area contributed by atoms with E-state index in [2.05, 4.69) is 23.1 Å². The van der Waals surface area contributed by atoms with Gasteiger partial charge < -0.3 is 18.9 Å². The van der Waals surface area contributed by atoms with Crippen molar-refractivity contribution in [2.24, 2.45) is 0 Å². The summed E-state index contributed by atoms with van der Waals surface area (Å²) in [6.07, 6.45) is 4.92. The van der Waals surface area contributed by atoms with E-state index in [-0.39, 0.29) is 24.2 Å². The summed E-state index contributed by atoms with van der Waals surface area (Å²) >= 11 is 0. The summed E-state index contributed by atoms with van der Waals surface area (Å²) in [5.74, 6) is 2.06. The van der Waals surface area contributed by atoms with Crippen LogP contribution < -0.4 is 9.47 Å². The molecule has 0 aromatic heterocycles. The molecule has 1 fully saturated rings. The highest BCUT2D eigenvalue weighted by Crippen LogP contribution is 2.55. The monoisotopic (exact) mass is 357 g/mol. The number of hydrogen-bond acceptors (Lipinski definition) is 6. The second-order valence-corrected chi connectivity index (χ2v) is 7.49. The molecule has 1 aromatic rings. The number of fused-ring (bicyclic) bond motifs is 3. The van der Waals surface area contributed by atoms with E-state index in [0.29, 0.717) is 0 Å². The summed E-state index contributed by atoms with van der Waals surface area (Å²) in [5.41, 5.74) is 2.27. The predicted molar refractivity (Wildman–Crippen MR) is 93.2 cm³/mol. The molecular formula is C20H23NO5. The van der Waals surface area contributed by atoms with Gasteiger partial charge in [-0.05, 0) is 55.1 Å². The van der Waals surface area contributed by atoms with Gasteiger partial charge in [-0.1, -0.05) is 0 Å². The molecular weight excluding hydrogens is 334 g/mol. The number of carbonyl (C=O) groups is 1. The zero-order valence-electron chi connectivity index (χ0n) is 15.1. The third-order valence-electron chi connectivity index (χ3n) is 6.26. The van der Waals surface area contributed by atoms with E-state index in [9.17, 15) is 4.79 Å². The Labute approximate surface area is 152 Å². The van der Waals surface area contributed by atoms with Gasteiger partial charge in [0.15, 0.2) is 17.6 Å². The Morgan fingerprint density at radius 3 is 2.85 bits per heavy atom. The van der Waals surface area contributed by atoms with Crippen LogP contribution >= 0.6 is 0 Å². The molecule has 6 heteroatoms. The maximum absolute atomic E-state index is 11.8. The zero-order chi connectivity index (χ0) is 17.9. The van der Waals surface area contributed by atoms with Crippen molar-refractivity contribution in [2.75, 3.05) is 27.0 Å². The third kappa shape index (κ3) is 2.11. The largest absolute Gasteiger partial charge is 0.497 e. The minimum atomic E-state index is -0.407. The van der Waals surface area contributed by atoms with E-state index >= 15 is 0 Å². The number of carbonyl (C=O) groups excluding carboxylic acids is 1. The molecule has 3 unspecified atom stereocenters. The number of ether oxygens (including phenoxy) is 4. The number of benzene rings is 1. The van der Waals surface area contributed by atoms with Crippen LogP contribution in [0.25, 0.3) is 0 Å². The molecule has 5 rings (SSSR count). The molecule has 1 spiro atoms. The molecule has 26 heavy (non-hydrogen) atoms. The van der Waals surface area contributed by atoms with Crippen molar-refractivity contribution in [3.63, 3.8) is 0 Å². The van der Waals surface area contributed by atoms with Crippen molar-refractivity contribution in [2.45, 2.75) is 43.7 Å². The quantitative estimate of drug-likeness (QED) is 0.758. The molecule has 0 radical (unpaired) electrons. The smallest absolute Gasteiger partial charge is 0.303 e. The molecule has 1 aliphatic carbocycles. The lowest BCUT2D eigenvalue weighted by atomic mass is 9.77. The van der Waals surface area contributed by atoms with Gasteiger partial charge in [-0.15, -0.1) is 0 Å². The number of nitrogens with zero attached hydrogens (tertiary/aromatic N) is 1. The average molecular weight is 357 g/mol. The van der Waals surface area contributed by atoms with Crippen molar-refractivity contribution in [1.82, 2.24) is 4.90 Å². The Bertz CT molecular complexity index is 804. The normalized spacial score (nSPS) is 31.5. The molecule has 138 valence electrons. The molecule has 0 amide bonds. The summed E-state index contributed by atoms with van der Waals surface area (Å²) in [5, 5.41) is 0. The van der Waals surface area contributed by atoms with E-state index in [1.807, 2.05) is 0 Å². The average Bonchev–Trinajstić information content (AvgIpc) is 3.28. The summed E-state index contributed by atoms with van der Waals surface area (Å²) < 4.78 is 22.7. The lowest BCUT2D eigenvalue weighted by Gasteiger charge is -2.39. The van der Waals surface area contributed by atoms with Crippen molar-refractivity contribution >= 4 is 5.97 Å². The van der Waals surface area contributed by atoms with Gasteiger partial charge >= 0.3 is 5.97 Å². The fourth-order valence-electron chi connectivity index (χ4n) is 5.27. The Balaban J connectivity index is 1.69. The van der Waals surface area contributed by atoms with Crippen molar-refractivity contribution in [3.05, 3.63) is 35.1 Å². The molecule has 3 heterocycles. The van der Waals surface area contributed by atoms with Gasteiger partial charge in [0.05, 0.1) is 18.6 Å². The van der Waals surface area contributed by atoms with Crippen LogP contribution in [-0.2, 0) is 20.7 Å². The van der Waals surface area contributed by atoms with Gasteiger partial charge in [-0.25, -0.2) is 0 Å². The fraction of sp³-hybridized carbons (Fsp3) is 0.550. The van der Waals surface area contributed by atoms with Gasteiger partial charge in [0.25, 0.3) is 0 Å². The summed E-state index contributed by atoms with van der Waals surface area (Å²) in [6.45, 7) is 3.75. The summed E-state index contributed by atoms with van der Waals surface area (Å²) in [6, 6.07) is 4.19. The van der Waals surface area contributed by atoms with Crippen molar-refractivity contribution in [3.8, 4) is 11.5 Å². The first-order chi connectivity index (χ1) is 12.6. The van der Waals surface area contributed by atoms with Crippen LogP contribution in [0.2, 0.25) is 0 Å². The molecule has 1 saturated heterocycles. The third-order valence-corrected chi connectivity index (χ3v) is 6.26. The highest BCUT2D eigenvalue weighted by Gasteiger charge is 2.58. The first kappa shape index (κ1) is 16.0. The molecule has 0 bridgehead atoms. The SMILES string of the molecule is COC1=CC23CCCN2CCc2cc4c(cc2C3C1OC(C)=O)OCO4. The Kier molecular flexibility index (Phi) is 3.47. The molecule has 1 aromatic carbocycles. The lowest BCUT2D eigenvalue weighted by molar-refractivity contribution is -0.147. The Morgan fingerprint density at radius 2 is 2.08 bits per heavy atom. The molecule has 3 atom stereocenters. The van der Waals surface area contributed by atoms with Crippen LogP contribution in [0.3, 0.4) is 0 Å².